The predicted octanol–water partition coefficient (Wildman–Crippen LogP) is 5.44. The SMILES string of the molecule is O=C(c1ccc(-c2cn3c(-c4cc5ccccc5o4)cnc3cn2)cc1)N1CCCCC1. The third-order valence-corrected chi connectivity index (χ3v) is 6.14. The number of carbonyl (C=O) groups excluding carboxylic acids is 1. The minimum absolute atomic E-state index is 0.112. The van der Waals surface area contributed by atoms with E-state index >= 15 is 0 Å². The number of nitrogens with zero attached hydrogens (tertiary/aromatic N) is 4. The van der Waals surface area contributed by atoms with Crippen molar-refractivity contribution in [1.82, 2.24) is 19.3 Å². The standard InChI is InChI=1S/C26H22N4O2/c31-26(29-12-4-1-5-13-29)19-10-8-18(9-11-19)21-17-30-22(15-28-25(30)16-27-21)24-14-20-6-2-3-7-23(20)32-24/h2-3,6-11,14-17H,1,4-5,12-13H2. The molecule has 5 aromatic rings. The molecule has 1 aliphatic heterocycles. The molecule has 4 heterocycles. The van der Waals surface area contributed by atoms with Gasteiger partial charge < -0.3 is 9.32 Å². The Morgan fingerprint density at radius 3 is 2.53 bits per heavy atom. The van der Waals surface area contributed by atoms with Crippen LogP contribution in [0.4, 0.5) is 0 Å². The molecule has 0 saturated carbocycles. The molecule has 32 heavy (non-hydrogen) atoms. The first kappa shape index (κ1) is 18.8. The largest absolute Gasteiger partial charge is 0.454 e. The summed E-state index contributed by atoms with van der Waals surface area (Å²) in [4.78, 5) is 23.8. The van der Waals surface area contributed by atoms with Crippen LogP contribution in [-0.4, -0.2) is 38.3 Å². The zero-order valence-electron chi connectivity index (χ0n) is 17.6. The molecule has 0 spiro atoms. The molecular weight excluding hydrogens is 400 g/mol. The summed E-state index contributed by atoms with van der Waals surface area (Å²) < 4.78 is 8.04. The lowest BCUT2D eigenvalue weighted by molar-refractivity contribution is 0.0724. The molecule has 0 radical (unpaired) electrons. The van der Waals surface area contributed by atoms with Crippen LogP contribution in [0.15, 0.2) is 77.6 Å². The van der Waals surface area contributed by atoms with Crippen LogP contribution in [0.1, 0.15) is 29.6 Å². The lowest BCUT2D eigenvalue weighted by Crippen LogP contribution is -2.35. The number of hydrogen-bond donors (Lipinski definition) is 0. The van der Waals surface area contributed by atoms with Crippen molar-refractivity contribution in [2.75, 3.05) is 13.1 Å². The fourth-order valence-corrected chi connectivity index (χ4v) is 4.39. The summed E-state index contributed by atoms with van der Waals surface area (Å²) in [6.07, 6.45) is 8.92. The fourth-order valence-electron chi connectivity index (χ4n) is 4.39. The van der Waals surface area contributed by atoms with Gasteiger partial charge in [0.05, 0.1) is 18.1 Å². The van der Waals surface area contributed by atoms with E-state index < -0.39 is 0 Å². The van der Waals surface area contributed by atoms with Crippen LogP contribution in [0, 0.1) is 0 Å². The molecule has 1 saturated heterocycles. The number of hydrogen-bond acceptors (Lipinski definition) is 4. The number of para-hydroxylation sites is 1. The summed E-state index contributed by atoms with van der Waals surface area (Å²) in [7, 11) is 0. The molecule has 3 aromatic heterocycles. The average molecular weight is 422 g/mol. The molecule has 6 heteroatoms. The minimum Gasteiger partial charge on any atom is -0.454 e. The van der Waals surface area contributed by atoms with Gasteiger partial charge in [0.25, 0.3) is 5.91 Å². The fraction of sp³-hybridized carbons (Fsp3) is 0.192. The van der Waals surface area contributed by atoms with E-state index in [-0.39, 0.29) is 5.91 Å². The highest BCUT2D eigenvalue weighted by Crippen LogP contribution is 2.29. The molecule has 6 nitrogen and oxygen atoms in total. The number of rotatable bonds is 3. The smallest absolute Gasteiger partial charge is 0.253 e. The Labute approximate surface area is 185 Å². The van der Waals surface area contributed by atoms with E-state index in [9.17, 15) is 4.79 Å². The third-order valence-electron chi connectivity index (χ3n) is 6.14. The number of furan rings is 1. The van der Waals surface area contributed by atoms with Crippen molar-refractivity contribution in [3.63, 3.8) is 0 Å². The molecule has 6 rings (SSSR count). The number of likely N-dealkylation sites (tertiary alicyclic amines) is 1. The van der Waals surface area contributed by atoms with Crippen molar-refractivity contribution in [2.24, 2.45) is 0 Å². The lowest BCUT2D eigenvalue weighted by atomic mass is 10.1. The molecular formula is C26H22N4O2. The Bertz CT molecular complexity index is 1390. The number of amides is 1. The number of piperidine rings is 1. The van der Waals surface area contributed by atoms with E-state index in [1.807, 2.05) is 70.1 Å². The predicted molar refractivity (Wildman–Crippen MR) is 123 cm³/mol. The Balaban J connectivity index is 1.33. The van der Waals surface area contributed by atoms with Gasteiger partial charge in [-0.2, -0.15) is 0 Å². The zero-order valence-corrected chi connectivity index (χ0v) is 17.6. The minimum atomic E-state index is 0.112. The van der Waals surface area contributed by atoms with Crippen molar-refractivity contribution in [3.05, 3.63) is 78.8 Å². The second-order valence-corrected chi connectivity index (χ2v) is 8.22. The first-order valence-electron chi connectivity index (χ1n) is 11.0. The van der Waals surface area contributed by atoms with Crippen LogP contribution in [0.3, 0.4) is 0 Å². The summed E-state index contributed by atoms with van der Waals surface area (Å²) in [5.74, 6) is 0.875. The van der Waals surface area contributed by atoms with Gasteiger partial charge in [-0.25, -0.2) is 4.98 Å². The second kappa shape index (κ2) is 7.64. The second-order valence-electron chi connectivity index (χ2n) is 8.22. The van der Waals surface area contributed by atoms with Crippen molar-refractivity contribution in [2.45, 2.75) is 19.3 Å². The molecule has 0 N–H and O–H groups in total. The average Bonchev–Trinajstić information content (AvgIpc) is 3.47. The van der Waals surface area contributed by atoms with E-state index in [4.69, 9.17) is 4.42 Å². The van der Waals surface area contributed by atoms with Crippen LogP contribution in [0.25, 0.3) is 39.3 Å². The van der Waals surface area contributed by atoms with Crippen LogP contribution in [-0.2, 0) is 0 Å². The van der Waals surface area contributed by atoms with Crippen molar-refractivity contribution in [1.29, 1.82) is 0 Å². The Morgan fingerprint density at radius 2 is 1.72 bits per heavy atom. The van der Waals surface area contributed by atoms with Gasteiger partial charge in [-0.15, -0.1) is 0 Å². The van der Waals surface area contributed by atoms with Gasteiger partial charge in [0.1, 0.15) is 11.3 Å². The molecule has 158 valence electrons. The quantitative estimate of drug-likeness (QED) is 0.389. The van der Waals surface area contributed by atoms with Gasteiger partial charge in [-0.1, -0.05) is 30.3 Å². The van der Waals surface area contributed by atoms with E-state index in [1.54, 1.807) is 12.4 Å². The first-order valence-corrected chi connectivity index (χ1v) is 11.0. The number of imidazole rings is 1. The Kier molecular flexibility index (Phi) is 4.49. The highest BCUT2D eigenvalue weighted by atomic mass is 16.3. The Morgan fingerprint density at radius 1 is 0.906 bits per heavy atom. The summed E-state index contributed by atoms with van der Waals surface area (Å²) in [5, 5.41) is 1.06. The first-order chi connectivity index (χ1) is 15.8. The Hall–Kier alpha value is -3.93. The van der Waals surface area contributed by atoms with Gasteiger partial charge in [0.2, 0.25) is 0 Å². The highest BCUT2D eigenvalue weighted by molar-refractivity contribution is 5.94. The maximum absolute atomic E-state index is 12.8. The summed E-state index contributed by atoms with van der Waals surface area (Å²) in [5.41, 5.74) is 4.96. The van der Waals surface area contributed by atoms with E-state index in [0.717, 1.165) is 70.8 Å². The molecule has 0 bridgehead atoms. The van der Waals surface area contributed by atoms with Crippen molar-refractivity contribution >= 4 is 22.5 Å². The lowest BCUT2D eigenvalue weighted by Gasteiger charge is -2.26. The van der Waals surface area contributed by atoms with Gasteiger partial charge in [0, 0.05) is 35.8 Å². The monoisotopic (exact) mass is 422 g/mol. The summed E-state index contributed by atoms with van der Waals surface area (Å²) >= 11 is 0. The molecule has 2 aromatic carbocycles. The number of carbonyl (C=O) groups is 1. The van der Waals surface area contributed by atoms with E-state index in [0.29, 0.717) is 0 Å². The third kappa shape index (κ3) is 3.24. The van der Waals surface area contributed by atoms with Crippen LogP contribution >= 0.6 is 0 Å². The van der Waals surface area contributed by atoms with Gasteiger partial charge in [0.15, 0.2) is 11.4 Å². The zero-order chi connectivity index (χ0) is 21.5. The summed E-state index contributed by atoms with van der Waals surface area (Å²) in [6.45, 7) is 1.70. The maximum atomic E-state index is 12.8. The molecule has 1 fully saturated rings. The number of aromatic nitrogens is 3. The van der Waals surface area contributed by atoms with Crippen molar-refractivity contribution < 1.29 is 9.21 Å². The highest BCUT2D eigenvalue weighted by Gasteiger charge is 2.18. The summed E-state index contributed by atoms with van der Waals surface area (Å²) in [6, 6.07) is 17.7. The van der Waals surface area contributed by atoms with E-state index in [1.165, 1.54) is 6.42 Å². The van der Waals surface area contributed by atoms with Gasteiger partial charge >= 0.3 is 0 Å². The maximum Gasteiger partial charge on any atom is 0.253 e. The van der Waals surface area contributed by atoms with E-state index in [2.05, 4.69) is 9.97 Å². The molecule has 0 aliphatic carbocycles. The molecule has 1 aliphatic rings. The van der Waals surface area contributed by atoms with Crippen LogP contribution in [0.2, 0.25) is 0 Å². The topological polar surface area (TPSA) is 63.6 Å². The number of benzene rings is 2. The molecule has 1 amide bonds. The van der Waals surface area contributed by atoms with Crippen molar-refractivity contribution in [3.8, 4) is 22.7 Å². The number of fused-ring (bicyclic) bond motifs is 2. The van der Waals surface area contributed by atoms with Gasteiger partial charge in [-0.05, 0) is 43.5 Å². The molecule has 0 unspecified atom stereocenters. The normalized spacial score (nSPS) is 14.3. The van der Waals surface area contributed by atoms with Crippen LogP contribution < -0.4 is 0 Å². The van der Waals surface area contributed by atoms with Gasteiger partial charge in [-0.3, -0.25) is 14.2 Å². The molecule has 0 atom stereocenters. The van der Waals surface area contributed by atoms with Crippen LogP contribution in [0.5, 0.6) is 0 Å².